The molecule has 1 saturated heterocycles. The van der Waals surface area contributed by atoms with E-state index in [-0.39, 0.29) is 7.83 Å². The van der Waals surface area contributed by atoms with Crippen LogP contribution in [0.4, 0.5) is 0 Å². The van der Waals surface area contributed by atoms with Crippen molar-refractivity contribution in [2.75, 3.05) is 0 Å². The van der Waals surface area contributed by atoms with Crippen LogP contribution in [0.1, 0.15) is 0 Å². The second-order valence-corrected chi connectivity index (χ2v) is 91.4. The fraction of sp³-hybridized carbons (Fsp3) is 0.379. The summed E-state index contributed by atoms with van der Waals surface area (Å²) in [6.45, 7) is 30.9. The average molecular weight is 772 g/mol. The van der Waals surface area contributed by atoms with E-state index in [1.54, 1.807) is 9.37 Å². The molecule has 0 aliphatic carbocycles. The van der Waals surface area contributed by atoms with Gasteiger partial charge in [-0.3, -0.25) is 0 Å². The zero-order valence-corrected chi connectivity index (χ0v) is 34.5. The van der Waals surface area contributed by atoms with E-state index >= 15 is 0 Å². The zero-order chi connectivity index (χ0) is 27.0. The first kappa shape index (κ1) is 30.4. The van der Waals surface area contributed by atoms with E-state index in [2.05, 4.69) is 163 Å². The van der Waals surface area contributed by atoms with Crippen LogP contribution in [0.2, 0.25) is 72.0 Å². The molecule has 2 radical (unpaired) electrons. The molecule has 3 aromatic carbocycles. The van der Waals surface area contributed by atoms with Crippen LogP contribution in [0, 0.1) is 0 Å². The summed E-state index contributed by atoms with van der Waals surface area (Å²) >= 11 is -2.17. The Morgan fingerprint density at radius 2 is 0.667 bits per heavy atom. The topological polar surface area (TPSA) is 0 Å². The van der Waals surface area contributed by atoms with Gasteiger partial charge in [0.2, 0.25) is 0 Å². The van der Waals surface area contributed by atoms with Crippen LogP contribution in [0.3, 0.4) is 0 Å². The minimum absolute atomic E-state index is 0.00725. The fourth-order valence-corrected chi connectivity index (χ4v) is 237. The summed E-state index contributed by atoms with van der Waals surface area (Å²) in [6.07, 6.45) is 0. The van der Waals surface area contributed by atoms with Crippen molar-refractivity contribution in [3.8, 4) is 0 Å². The van der Waals surface area contributed by atoms with Gasteiger partial charge in [0.05, 0.1) is 0 Å². The number of hydrogen-bond donors (Lipinski definition) is 0. The van der Waals surface area contributed by atoms with Gasteiger partial charge in [0.25, 0.3) is 0 Å². The molecule has 0 nitrogen and oxygen atoms in total. The van der Waals surface area contributed by atoms with Crippen molar-refractivity contribution < 1.29 is 0 Å². The van der Waals surface area contributed by atoms with E-state index in [0.717, 1.165) is 0 Å². The standard InChI is InChI=1S/C11H33Si6.3C6H5.Pb/c1-12-13(2,3)15(6,7)17(10,11)16(8,9)14(12,4)5;3*1-2-4-6-5-3-1;/h1-11H3;3*1-5H;. The van der Waals surface area contributed by atoms with Crippen molar-refractivity contribution in [2.45, 2.75) is 72.0 Å². The Morgan fingerprint density at radius 3 is 0.917 bits per heavy atom. The Balaban J connectivity index is 0.000000202. The van der Waals surface area contributed by atoms with Gasteiger partial charge in [0.1, 0.15) is 0 Å². The van der Waals surface area contributed by atoms with E-state index < -0.39 is 58.2 Å². The van der Waals surface area contributed by atoms with E-state index in [9.17, 15) is 0 Å². The second kappa shape index (κ2) is 11.2. The quantitative estimate of drug-likeness (QED) is 0.273. The Labute approximate surface area is 236 Å². The van der Waals surface area contributed by atoms with Crippen molar-refractivity contribution in [1.29, 1.82) is 0 Å². The summed E-state index contributed by atoms with van der Waals surface area (Å²) in [5.74, 6) is 0. The summed E-state index contributed by atoms with van der Waals surface area (Å²) < 4.78 is 4.64. The fourth-order valence-electron chi connectivity index (χ4n) is 6.38. The van der Waals surface area contributed by atoms with Crippen LogP contribution >= 0.6 is 0 Å². The van der Waals surface area contributed by atoms with Crippen LogP contribution in [0.5, 0.6) is 0 Å². The summed E-state index contributed by atoms with van der Waals surface area (Å²) in [5.41, 5.74) is 0. The monoisotopic (exact) mass is 772 g/mol. The Hall–Kier alpha value is -0.117. The molecule has 1 heterocycles. The van der Waals surface area contributed by atoms with Crippen LogP contribution in [-0.2, 0) is 0 Å². The molecule has 0 amide bonds. The summed E-state index contributed by atoms with van der Waals surface area (Å²) in [7, 11) is -4.52. The summed E-state index contributed by atoms with van der Waals surface area (Å²) in [6, 6.07) is 33.0. The maximum atomic E-state index is 2.82. The molecule has 7 heteroatoms. The van der Waals surface area contributed by atoms with E-state index in [4.69, 9.17) is 0 Å². The van der Waals surface area contributed by atoms with E-state index in [1.165, 1.54) is 0 Å². The molecule has 0 saturated carbocycles. The van der Waals surface area contributed by atoms with Crippen molar-refractivity contribution in [3.05, 3.63) is 91.0 Å². The van der Waals surface area contributed by atoms with Gasteiger partial charge < -0.3 is 0 Å². The van der Waals surface area contributed by atoms with Gasteiger partial charge in [-0.25, -0.2) is 0 Å². The molecule has 0 N–H and O–H groups in total. The van der Waals surface area contributed by atoms with Crippen LogP contribution in [-0.4, -0.2) is 66.1 Å². The second-order valence-electron chi connectivity index (χ2n) is 13.2. The van der Waals surface area contributed by atoms with Gasteiger partial charge in [-0.05, 0) is 0 Å². The van der Waals surface area contributed by atoms with E-state index in [1.807, 2.05) is 0 Å². The Kier molecular flexibility index (Phi) is 9.44. The Bertz CT molecular complexity index is 1000. The molecule has 1 fully saturated rings. The first-order valence-electron chi connectivity index (χ1n) is 13.5. The third-order valence-corrected chi connectivity index (χ3v) is 163. The number of rotatable bonds is 3. The van der Waals surface area contributed by atoms with Crippen molar-refractivity contribution in [2.24, 2.45) is 0 Å². The first-order valence-corrected chi connectivity index (χ1v) is 42.3. The van der Waals surface area contributed by atoms with Gasteiger partial charge in [-0.15, -0.1) is 0 Å². The molecule has 36 heavy (non-hydrogen) atoms. The molecule has 1 aliphatic heterocycles. The molecule has 1 aliphatic rings. The molecule has 0 bridgehead atoms. The van der Waals surface area contributed by atoms with Gasteiger partial charge >= 0.3 is 123 Å². The number of benzene rings is 3. The van der Waals surface area contributed by atoms with Crippen molar-refractivity contribution >= 4 is 75.4 Å². The first-order chi connectivity index (χ1) is 16.6. The normalized spacial score (nSPS) is 21.3. The van der Waals surface area contributed by atoms with Crippen molar-refractivity contribution in [3.63, 3.8) is 0 Å². The average Bonchev–Trinajstić information content (AvgIpc) is 2.85. The molecule has 192 valence electrons. The summed E-state index contributed by atoms with van der Waals surface area (Å²) in [5, 5.41) is 0. The SMILES string of the molecule is C[Si]1[Si](C)(C)[Si](C)(C)[Si](C)(C)[Si](C)(C)[Si]1(C)C.c1cc[c]([Pb]([c]2ccccc2)[c]2ccccc2)cc1. The molecular formula is C29H48PbSi6. The van der Waals surface area contributed by atoms with E-state index in [0.29, 0.717) is 0 Å². The van der Waals surface area contributed by atoms with Crippen LogP contribution < -0.4 is 9.37 Å². The van der Waals surface area contributed by atoms with Gasteiger partial charge in [0.15, 0.2) is 0 Å². The summed E-state index contributed by atoms with van der Waals surface area (Å²) in [4.78, 5) is 0. The third-order valence-electron chi connectivity index (χ3n) is 11.3. The molecule has 0 spiro atoms. The molecule has 0 unspecified atom stereocenters. The molecule has 4 rings (SSSR count). The predicted molar refractivity (Wildman–Crippen MR) is 183 cm³/mol. The molecule has 0 aromatic heterocycles. The van der Waals surface area contributed by atoms with Gasteiger partial charge in [0, 0.05) is 43.4 Å². The maximum absolute atomic E-state index is 2.82. The number of hydrogen-bond acceptors (Lipinski definition) is 0. The van der Waals surface area contributed by atoms with Gasteiger partial charge in [-0.2, -0.15) is 0 Å². The predicted octanol–water partition coefficient (Wildman–Crippen LogP) is 6.34. The zero-order valence-electron chi connectivity index (χ0n) is 24.7. The molecular weight excluding hydrogens is 724 g/mol. The van der Waals surface area contributed by atoms with Crippen LogP contribution in [0.15, 0.2) is 91.0 Å². The molecule has 3 aromatic rings. The van der Waals surface area contributed by atoms with Crippen LogP contribution in [0.25, 0.3) is 0 Å². The third kappa shape index (κ3) is 5.21. The molecule has 0 atom stereocenters. The van der Waals surface area contributed by atoms with Crippen molar-refractivity contribution in [1.82, 2.24) is 0 Å². The van der Waals surface area contributed by atoms with Gasteiger partial charge in [-0.1, -0.05) is 72.0 Å². The Morgan fingerprint density at radius 1 is 0.417 bits per heavy atom. The minimum atomic E-state index is -2.17.